The van der Waals surface area contributed by atoms with Crippen molar-refractivity contribution in [3.8, 4) is 0 Å². The van der Waals surface area contributed by atoms with E-state index in [1.807, 2.05) is 6.92 Å². The van der Waals surface area contributed by atoms with Gasteiger partial charge in [-0.2, -0.15) is 0 Å². The van der Waals surface area contributed by atoms with Crippen LogP contribution in [0.25, 0.3) is 0 Å². The van der Waals surface area contributed by atoms with Crippen molar-refractivity contribution in [2.75, 3.05) is 52.5 Å². The van der Waals surface area contributed by atoms with Gasteiger partial charge >= 0.3 is 0 Å². The SMILES string of the molecule is CC(OCCN1CCCCCC1)OCCN1CCCCCC1. The maximum Gasteiger partial charge on any atom is 0.154 e. The van der Waals surface area contributed by atoms with E-state index in [0.29, 0.717) is 0 Å². The molecule has 2 heterocycles. The van der Waals surface area contributed by atoms with Gasteiger partial charge in [0.15, 0.2) is 6.29 Å². The first-order valence-electron chi connectivity index (χ1n) is 9.52. The smallest absolute Gasteiger partial charge is 0.154 e. The van der Waals surface area contributed by atoms with Gasteiger partial charge in [-0.05, 0) is 58.8 Å². The molecule has 2 aliphatic rings. The van der Waals surface area contributed by atoms with Gasteiger partial charge in [0, 0.05) is 13.1 Å². The van der Waals surface area contributed by atoms with Crippen LogP contribution in [-0.2, 0) is 9.47 Å². The molecule has 0 radical (unpaired) electrons. The van der Waals surface area contributed by atoms with Crippen molar-refractivity contribution in [2.24, 2.45) is 0 Å². The Morgan fingerprint density at radius 2 is 1.00 bits per heavy atom. The lowest BCUT2D eigenvalue weighted by molar-refractivity contribution is -0.135. The second-order valence-corrected chi connectivity index (χ2v) is 6.82. The predicted molar refractivity (Wildman–Crippen MR) is 91.2 cm³/mol. The zero-order chi connectivity index (χ0) is 15.5. The third-order valence-electron chi connectivity index (χ3n) is 4.92. The van der Waals surface area contributed by atoms with Crippen LogP contribution in [0.4, 0.5) is 0 Å². The van der Waals surface area contributed by atoms with Crippen molar-refractivity contribution in [3.05, 3.63) is 0 Å². The molecule has 0 bridgehead atoms. The average molecular weight is 312 g/mol. The van der Waals surface area contributed by atoms with E-state index in [1.165, 1.54) is 77.5 Å². The molecule has 4 nitrogen and oxygen atoms in total. The van der Waals surface area contributed by atoms with E-state index < -0.39 is 0 Å². The van der Waals surface area contributed by atoms with Crippen molar-refractivity contribution >= 4 is 0 Å². The molecule has 2 rings (SSSR count). The van der Waals surface area contributed by atoms with Gasteiger partial charge < -0.3 is 19.3 Å². The molecule has 2 saturated heterocycles. The Bertz CT molecular complexity index is 234. The fourth-order valence-corrected chi connectivity index (χ4v) is 3.46. The maximum atomic E-state index is 5.82. The quantitative estimate of drug-likeness (QED) is 0.643. The molecule has 0 aromatic carbocycles. The van der Waals surface area contributed by atoms with E-state index in [9.17, 15) is 0 Å². The monoisotopic (exact) mass is 312 g/mol. The molecule has 0 N–H and O–H groups in total. The highest BCUT2D eigenvalue weighted by Crippen LogP contribution is 2.10. The number of nitrogens with zero attached hydrogens (tertiary/aromatic N) is 2. The summed E-state index contributed by atoms with van der Waals surface area (Å²) in [6.45, 7) is 10.7. The van der Waals surface area contributed by atoms with E-state index >= 15 is 0 Å². The number of hydrogen-bond donors (Lipinski definition) is 0. The summed E-state index contributed by atoms with van der Waals surface area (Å²) in [4.78, 5) is 5.08. The van der Waals surface area contributed by atoms with Crippen LogP contribution in [0.1, 0.15) is 58.3 Å². The first-order valence-corrected chi connectivity index (χ1v) is 9.52. The highest BCUT2D eigenvalue weighted by Gasteiger charge is 2.11. The minimum Gasteiger partial charge on any atom is -0.352 e. The molecular formula is C18H36N2O2. The van der Waals surface area contributed by atoms with E-state index in [2.05, 4.69) is 9.80 Å². The van der Waals surface area contributed by atoms with Crippen LogP contribution in [0.15, 0.2) is 0 Å². The molecule has 0 aliphatic carbocycles. The summed E-state index contributed by atoms with van der Waals surface area (Å²) in [7, 11) is 0. The number of hydrogen-bond acceptors (Lipinski definition) is 4. The number of ether oxygens (including phenoxy) is 2. The summed E-state index contributed by atoms with van der Waals surface area (Å²) in [5, 5.41) is 0. The lowest BCUT2D eigenvalue weighted by atomic mass is 10.2. The maximum absolute atomic E-state index is 5.82. The standard InChI is InChI=1S/C18H36N2O2/c1-18(21-16-14-19-10-6-2-3-7-11-19)22-17-15-20-12-8-4-5-9-13-20/h18H,2-17H2,1H3. The van der Waals surface area contributed by atoms with Crippen LogP contribution >= 0.6 is 0 Å². The number of rotatable bonds is 8. The highest BCUT2D eigenvalue weighted by molar-refractivity contribution is 4.64. The van der Waals surface area contributed by atoms with Gasteiger partial charge in [-0.15, -0.1) is 0 Å². The Morgan fingerprint density at radius 1 is 0.636 bits per heavy atom. The van der Waals surface area contributed by atoms with Crippen LogP contribution < -0.4 is 0 Å². The Hall–Kier alpha value is -0.160. The van der Waals surface area contributed by atoms with Gasteiger partial charge in [-0.25, -0.2) is 0 Å². The molecule has 2 aliphatic heterocycles. The lowest BCUT2D eigenvalue weighted by Gasteiger charge is -2.23. The van der Waals surface area contributed by atoms with Crippen molar-refractivity contribution in [2.45, 2.75) is 64.6 Å². The molecule has 0 spiro atoms. The third-order valence-corrected chi connectivity index (χ3v) is 4.92. The first-order chi connectivity index (χ1) is 10.8. The third kappa shape index (κ3) is 7.91. The normalized spacial score (nSPS) is 22.6. The minimum atomic E-state index is -0.0704. The Kier molecular flexibility index (Phi) is 9.41. The molecular weight excluding hydrogens is 276 g/mol. The van der Waals surface area contributed by atoms with Crippen LogP contribution in [0.5, 0.6) is 0 Å². The molecule has 0 atom stereocenters. The molecule has 4 heteroatoms. The van der Waals surface area contributed by atoms with Crippen LogP contribution in [0.2, 0.25) is 0 Å². The van der Waals surface area contributed by atoms with E-state index in [4.69, 9.17) is 9.47 Å². The van der Waals surface area contributed by atoms with Gasteiger partial charge in [0.2, 0.25) is 0 Å². The van der Waals surface area contributed by atoms with Gasteiger partial charge in [-0.1, -0.05) is 25.7 Å². The van der Waals surface area contributed by atoms with Crippen LogP contribution in [-0.4, -0.2) is 68.6 Å². The van der Waals surface area contributed by atoms with Gasteiger partial charge in [0.1, 0.15) is 0 Å². The van der Waals surface area contributed by atoms with Crippen molar-refractivity contribution in [1.82, 2.24) is 9.80 Å². The average Bonchev–Trinajstić information content (AvgIpc) is 2.92. The summed E-state index contributed by atoms with van der Waals surface area (Å²) >= 11 is 0. The predicted octanol–water partition coefficient (Wildman–Crippen LogP) is 3.12. The molecule has 0 aromatic heterocycles. The van der Waals surface area contributed by atoms with E-state index in [-0.39, 0.29) is 6.29 Å². The first kappa shape index (κ1) is 18.2. The van der Waals surface area contributed by atoms with Gasteiger partial charge in [0.25, 0.3) is 0 Å². The van der Waals surface area contributed by atoms with Gasteiger partial charge in [-0.3, -0.25) is 0 Å². The van der Waals surface area contributed by atoms with Crippen molar-refractivity contribution in [3.63, 3.8) is 0 Å². The largest absolute Gasteiger partial charge is 0.352 e. The summed E-state index contributed by atoms with van der Waals surface area (Å²) < 4.78 is 11.6. The fourth-order valence-electron chi connectivity index (χ4n) is 3.46. The van der Waals surface area contributed by atoms with E-state index in [1.54, 1.807) is 0 Å². The second kappa shape index (κ2) is 11.4. The Balaban J connectivity index is 1.47. The van der Waals surface area contributed by atoms with Crippen LogP contribution in [0.3, 0.4) is 0 Å². The molecule has 130 valence electrons. The minimum absolute atomic E-state index is 0.0704. The second-order valence-electron chi connectivity index (χ2n) is 6.82. The molecule has 22 heavy (non-hydrogen) atoms. The summed E-state index contributed by atoms with van der Waals surface area (Å²) in [5.41, 5.74) is 0. The Morgan fingerprint density at radius 3 is 1.36 bits per heavy atom. The molecule has 0 amide bonds. The molecule has 2 fully saturated rings. The zero-order valence-corrected chi connectivity index (χ0v) is 14.6. The zero-order valence-electron chi connectivity index (χ0n) is 14.6. The topological polar surface area (TPSA) is 24.9 Å². The van der Waals surface area contributed by atoms with E-state index in [0.717, 1.165) is 26.3 Å². The van der Waals surface area contributed by atoms with Gasteiger partial charge in [0.05, 0.1) is 13.2 Å². The molecule has 0 saturated carbocycles. The summed E-state index contributed by atoms with van der Waals surface area (Å²) in [6, 6.07) is 0. The summed E-state index contributed by atoms with van der Waals surface area (Å²) in [5.74, 6) is 0. The fraction of sp³-hybridized carbons (Fsp3) is 1.00. The van der Waals surface area contributed by atoms with Crippen molar-refractivity contribution < 1.29 is 9.47 Å². The number of likely N-dealkylation sites (tertiary alicyclic amines) is 2. The van der Waals surface area contributed by atoms with Crippen LogP contribution in [0, 0.1) is 0 Å². The Labute approximate surface area is 137 Å². The summed E-state index contributed by atoms with van der Waals surface area (Å²) in [6.07, 6.45) is 10.9. The van der Waals surface area contributed by atoms with Crippen molar-refractivity contribution in [1.29, 1.82) is 0 Å². The molecule has 0 aromatic rings. The lowest BCUT2D eigenvalue weighted by Crippen LogP contribution is -2.32. The highest BCUT2D eigenvalue weighted by atomic mass is 16.7. The molecule has 0 unspecified atom stereocenters.